The first-order valence-corrected chi connectivity index (χ1v) is 8.31. The monoisotopic (exact) mass is 286 g/mol. The summed E-state index contributed by atoms with van der Waals surface area (Å²) < 4.78 is 0. The van der Waals surface area contributed by atoms with Crippen LogP contribution in [0.25, 0.3) is 0 Å². The highest BCUT2D eigenvalue weighted by atomic mass is 16.2. The molecule has 2 saturated heterocycles. The second-order valence-corrected chi connectivity index (χ2v) is 6.51. The SMILES string of the molecule is Cc1ccccc1CC1CCCN1C(=O)CC1CCCN1. The van der Waals surface area contributed by atoms with Crippen LogP contribution in [-0.2, 0) is 11.2 Å². The standard InChI is InChI=1S/C18H26N2O/c1-14-6-2-3-7-15(14)12-17-9-5-11-20(17)18(21)13-16-8-4-10-19-16/h2-3,6-7,16-17,19H,4-5,8-13H2,1H3. The first kappa shape index (κ1) is 14.6. The van der Waals surface area contributed by atoms with Crippen LogP contribution in [-0.4, -0.2) is 36.0 Å². The first-order valence-electron chi connectivity index (χ1n) is 8.31. The van der Waals surface area contributed by atoms with Crippen LogP contribution in [0.1, 0.15) is 43.2 Å². The van der Waals surface area contributed by atoms with Gasteiger partial charge in [-0.05, 0) is 56.7 Å². The first-order chi connectivity index (χ1) is 10.2. The lowest BCUT2D eigenvalue weighted by Crippen LogP contribution is -2.40. The Labute approximate surface area is 127 Å². The quantitative estimate of drug-likeness (QED) is 0.923. The zero-order chi connectivity index (χ0) is 14.7. The minimum atomic E-state index is 0.352. The van der Waals surface area contributed by atoms with Crippen LogP contribution >= 0.6 is 0 Å². The Bertz CT molecular complexity index is 494. The molecule has 0 aliphatic carbocycles. The van der Waals surface area contributed by atoms with E-state index in [1.807, 2.05) is 0 Å². The number of carbonyl (C=O) groups is 1. The number of likely N-dealkylation sites (tertiary alicyclic amines) is 1. The molecule has 0 saturated carbocycles. The van der Waals surface area contributed by atoms with Crippen LogP contribution in [0.3, 0.4) is 0 Å². The predicted molar refractivity (Wildman–Crippen MR) is 85.3 cm³/mol. The van der Waals surface area contributed by atoms with Gasteiger partial charge in [0.05, 0.1) is 0 Å². The number of nitrogens with zero attached hydrogens (tertiary/aromatic N) is 1. The maximum atomic E-state index is 12.6. The molecular formula is C18H26N2O. The molecular weight excluding hydrogens is 260 g/mol. The van der Waals surface area contributed by atoms with Gasteiger partial charge in [-0.1, -0.05) is 24.3 Å². The van der Waals surface area contributed by atoms with Crippen molar-refractivity contribution in [1.29, 1.82) is 0 Å². The summed E-state index contributed by atoms with van der Waals surface area (Å²) in [5.74, 6) is 0.352. The van der Waals surface area contributed by atoms with Gasteiger partial charge in [0.1, 0.15) is 0 Å². The topological polar surface area (TPSA) is 32.3 Å². The van der Waals surface area contributed by atoms with Gasteiger partial charge >= 0.3 is 0 Å². The van der Waals surface area contributed by atoms with E-state index in [0.29, 0.717) is 24.4 Å². The van der Waals surface area contributed by atoms with E-state index < -0.39 is 0 Å². The molecule has 3 heteroatoms. The summed E-state index contributed by atoms with van der Waals surface area (Å²) in [6.45, 7) is 4.19. The Morgan fingerprint density at radius 1 is 1.29 bits per heavy atom. The molecule has 2 aliphatic heterocycles. The predicted octanol–water partition coefficient (Wildman–Crippen LogP) is 2.67. The molecule has 0 radical (unpaired) electrons. The van der Waals surface area contributed by atoms with Gasteiger partial charge in [0, 0.05) is 25.0 Å². The van der Waals surface area contributed by atoms with Crippen LogP contribution in [0.5, 0.6) is 0 Å². The van der Waals surface area contributed by atoms with Gasteiger partial charge in [0.25, 0.3) is 0 Å². The van der Waals surface area contributed by atoms with Crippen molar-refractivity contribution in [3.05, 3.63) is 35.4 Å². The summed E-state index contributed by atoms with van der Waals surface area (Å²) in [6, 6.07) is 9.37. The van der Waals surface area contributed by atoms with E-state index in [0.717, 1.165) is 38.8 Å². The minimum Gasteiger partial charge on any atom is -0.339 e. The fourth-order valence-electron chi connectivity index (χ4n) is 3.73. The number of nitrogens with one attached hydrogen (secondary N) is 1. The van der Waals surface area contributed by atoms with E-state index in [9.17, 15) is 4.79 Å². The molecule has 1 aromatic rings. The molecule has 21 heavy (non-hydrogen) atoms. The molecule has 2 fully saturated rings. The van der Waals surface area contributed by atoms with E-state index >= 15 is 0 Å². The van der Waals surface area contributed by atoms with E-state index in [4.69, 9.17) is 0 Å². The molecule has 1 N–H and O–H groups in total. The highest BCUT2D eigenvalue weighted by Crippen LogP contribution is 2.24. The summed E-state index contributed by atoms with van der Waals surface area (Å²) in [5.41, 5.74) is 2.73. The van der Waals surface area contributed by atoms with Gasteiger partial charge in [-0.15, -0.1) is 0 Å². The van der Waals surface area contributed by atoms with Crippen LogP contribution < -0.4 is 5.32 Å². The lowest BCUT2D eigenvalue weighted by molar-refractivity contribution is -0.132. The van der Waals surface area contributed by atoms with E-state index in [-0.39, 0.29) is 0 Å². The molecule has 0 bridgehead atoms. The fourth-order valence-corrected chi connectivity index (χ4v) is 3.73. The van der Waals surface area contributed by atoms with Gasteiger partial charge < -0.3 is 10.2 Å². The second-order valence-electron chi connectivity index (χ2n) is 6.51. The number of rotatable bonds is 4. The number of hydrogen-bond donors (Lipinski definition) is 1. The molecule has 3 nitrogen and oxygen atoms in total. The van der Waals surface area contributed by atoms with Crippen LogP contribution in [0.2, 0.25) is 0 Å². The largest absolute Gasteiger partial charge is 0.339 e. The number of amides is 1. The number of aryl methyl sites for hydroxylation is 1. The van der Waals surface area contributed by atoms with E-state index in [1.165, 1.54) is 17.5 Å². The van der Waals surface area contributed by atoms with Crippen molar-refractivity contribution in [3.63, 3.8) is 0 Å². The van der Waals surface area contributed by atoms with Gasteiger partial charge in [-0.2, -0.15) is 0 Å². The van der Waals surface area contributed by atoms with Gasteiger partial charge in [-0.3, -0.25) is 4.79 Å². The van der Waals surface area contributed by atoms with Crippen molar-refractivity contribution >= 4 is 5.91 Å². The third kappa shape index (κ3) is 3.46. The lowest BCUT2D eigenvalue weighted by Gasteiger charge is -2.26. The molecule has 0 aromatic heterocycles. The smallest absolute Gasteiger partial charge is 0.224 e. The minimum absolute atomic E-state index is 0.352. The van der Waals surface area contributed by atoms with Gasteiger partial charge in [0.2, 0.25) is 5.91 Å². The zero-order valence-electron chi connectivity index (χ0n) is 13.0. The molecule has 2 heterocycles. The number of carbonyl (C=O) groups excluding carboxylic acids is 1. The number of hydrogen-bond acceptors (Lipinski definition) is 2. The van der Waals surface area contributed by atoms with Crippen molar-refractivity contribution in [1.82, 2.24) is 10.2 Å². The maximum absolute atomic E-state index is 12.6. The van der Waals surface area contributed by atoms with Gasteiger partial charge in [-0.25, -0.2) is 0 Å². The average molecular weight is 286 g/mol. The highest BCUT2D eigenvalue weighted by molar-refractivity contribution is 5.77. The summed E-state index contributed by atoms with van der Waals surface area (Å²) in [4.78, 5) is 14.7. The summed E-state index contributed by atoms with van der Waals surface area (Å²) >= 11 is 0. The summed E-state index contributed by atoms with van der Waals surface area (Å²) in [6.07, 6.45) is 6.37. The van der Waals surface area contributed by atoms with Crippen LogP contribution in [0, 0.1) is 6.92 Å². The highest BCUT2D eigenvalue weighted by Gasteiger charge is 2.30. The van der Waals surface area contributed by atoms with Crippen molar-refractivity contribution in [2.45, 2.75) is 57.5 Å². The van der Waals surface area contributed by atoms with Crippen molar-refractivity contribution < 1.29 is 4.79 Å². The zero-order valence-corrected chi connectivity index (χ0v) is 13.0. The Hall–Kier alpha value is -1.35. The van der Waals surface area contributed by atoms with Crippen molar-refractivity contribution in [2.75, 3.05) is 13.1 Å². The van der Waals surface area contributed by atoms with Gasteiger partial charge in [0.15, 0.2) is 0 Å². The third-order valence-corrected chi connectivity index (χ3v) is 5.00. The summed E-state index contributed by atoms with van der Waals surface area (Å²) in [7, 11) is 0. The van der Waals surface area contributed by atoms with Crippen molar-refractivity contribution in [3.8, 4) is 0 Å². The molecule has 2 atom stereocenters. The Morgan fingerprint density at radius 2 is 2.14 bits per heavy atom. The molecule has 2 unspecified atom stereocenters. The Kier molecular flexibility index (Phi) is 4.59. The van der Waals surface area contributed by atoms with E-state index in [2.05, 4.69) is 41.4 Å². The van der Waals surface area contributed by atoms with Crippen LogP contribution in [0.4, 0.5) is 0 Å². The number of benzene rings is 1. The van der Waals surface area contributed by atoms with E-state index in [1.54, 1.807) is 0 Å². The molecule has 1 aromatic carbocycles. The normalized spacial score (nSPS) is 25.5. The van der Waals surface area contributed by atoms with Crippen LogP contribution in [0.15, 0.2) is 24.3 Å². The maximum Gasteiger partial charge on any atom is 0.224 e. The fraction of sp³-hybridized carbons (Fsp3) is 0.611. The van der Waals surface area contributed by atoms with Crippen molar-refractivity contribution in [2.24, 2.45) is 0 Å². The third-order valence-electron chi connectivity index (χ3n) is 5.00. The molecule has 1 amide bonds. The second kappa shape index (κ2) is 6.61. The Balaban J connectivity index is 1.62. The average Bonchev–Trinajstić information content (AvgIpc) is 3.12. The lowest BCUT2D eigenvalue weighted by atomic mass is 9.99. The molecule has 2 aliphatic rings. The Morgan fingerprint density at radius 3 is 2.90 bits per heavy atom. The molecule has 3 rings (SSSR count). The molecule has 114 valence electrons. The molecule has 0 spiro atoms. The summed E-state index contributed by atoms with van der Waals surface area (Å²) in [5, 5.41) is 3.44.